The number of H-pyrrole nitrogens is 1. The minimum Gasteiger partial charge on any atom is -0.282 e. The van der Waals surface area contributed by atoms with Crippen molar-refractivity contribution in [3.63, 3.8) is 0 Å². The summed E-state index contributed by atoms with van der Waals surface area (Å²) >= 11 is 0. The third kappa shape index (κ3) is 1.48. The fourth-order valence-electron chi connectivity index (χ4n) is 0.518. The van der Waals surface area contributed by atoms with Gasteiger partial charge in [-0.1, -0.05) is 0 Å². The molecule has 0 aliphatic heterocycles. The van der Waals surface area contributed by atoms with Gasteiger partial charge in [-0.3, -0.25) is 5.10 Å². The van der Waals surface area contributed by atoms with Gasteiger partial charge in [0.1, 0.15) is 0 Å². The second kappa shape index (κ2) is 2.25. The summed E-state index contributed by atoms with van der Waals surface area (Å²) in [7, 11) is 1.31. The van der Waals surface area contributed by atoms with Crippen LogP contribution >= 0.6 is 10.7 Å². The van der Waals surface area contributed by atoms with E-state index in [-0.39, 0.29) is 5.03 Å². The molecule has 0 unspecified atom stereocenters. The average Bonchev–Trinajstić information content (AvgIpc) is 2.11. The fraction of sp³-hybridized carbons (Fsp3) is 0.250. The SMILES string of the molecule is Cc1cc(S(=O)(=O)Cl)n[nH]1. The van der Waals surface area contributed by atoms with E-state index in [1.54, 1.807) is 6.92 Å². The molecule has 1 heterocycles. The third-order valence-electron chi connectivity index (χ3n) is 0.932. The number of aryl methyl sites for hydroxylation is 1. The molecule has 0 fully saturated rings. The van der Waals surface area contributed by atoms with Crippen LogP contribution in [0, 0.1) is 6.92 Å². The zero-order valence-corrected chi connectivity index (χ0v) is 6.70. The standard InChI is InChI=1S/C4H5ClN2O2S/c1-3-2-4(7-6-3)10(5,8)9/h2H,1H3,(H,6,7). The molecule has 10 heavy (non-hydrogen) atoms. The summed E-state index contributed by atoms with van der Waals surface area (Å²) in [5.41, 5.74) is 0.666. The highest BCUT2D eigenvalue weighted by molar-refractivity contribution is 8.13. The van der Waals surface area contributed by atoms with E-state index in [1.807, 2.05) is 0 Å². The highest BCUT2D eigenvalue weighted by Crippen LogP contribution is 2.11. The summed E-state index contributed by atoms with van der Waals surface area (Å²) in [6, 6.07) is 1.36. The molecule has 0 aliphatic carbocycles. The van der Waals surface area contributed by atoms with Crippen LogP contribution in [-0.4, -0.2) is 18.6 Å². The lowest BCUT2D eigenvalue weighted by molar-refractivity contribution is 0.605. The largest absolute Gasteiger partial charge is 0.282 e. The molecule has 1 N–H and O–H groups in total. The molecule has 0 spiro atoms. The van der Waals surface area contributed by atoms with Crippen molar-refractivity contribution in [1.29, 1.82) is 0 Å². The minimum atomic E-state index is -3.65. The molecule has 0 aliphatic rings. The first-order chi connectivity index (χ1) is 4.50. The number of nitrogens with zero attached hydrogens (tertiary/aromatic N) is 1. The predicted molar refractivity (Wildman–Crippen MR) is 36.4 cm³/mol. The van der Waals surface area contributed by atoms with E-state index in [2.05, 4.69) is 10.2 Å². The lowest BCUT2D eigenvalue weighted by atomic mass is 10.5. The van der Waals surface area contributed by atoms with Gasteiger partial charge in [-0.05, 0) is 13.0 Å². The quantitative estimate of drug-likeness (QED) is 0.646. The summed E-state index contributed by atoms with van der Waals surface area (Å²) in [6.07, 6.45) is 0. The van der Waals surface area contributed by atoms with Crippen molar-refractivity contribution < 1.29 is 8.42 Å². The Bertz CT molecular complexity index is 329. The van der Waals surface area contributed by atoms with Gasteiger partial charge >= 0.3 is 0 Å². The van der Waals surface area contributed by atoms with Crippen molar-refractivity contribution in [2.24, 2.45) is 0 Å². The smallest absolute Gasteiger partial charge is 0.280 e. The molecule has 0 radical (unpaired) electrons. The van der Waals surface area contributed by atoms with Crippen LogP contribution in [0.25, 0.3) is 0 Å². The molecule has 1 aromatic rings. The summed E-state index contributed by atoms with van der Waals surface area (Å²) in [6.45, 7) is 1.69. The maximum absolute atomic E-state index is 10.5. The van der Waals surface area contributed by atoms with Crippen LogP contribution in [0.15, 0.2) is 11.1 Å². The van der Waals surface area contributed by atoms with Crippen molar-refractivity contribution >= 4 is 19.7 Å². The Hall–Kier alpha value is -0.550. The number of hydrogen-bond donors (Lipinski definition) is 1. The molecule has 1 aromatic heterocycles. The molecule has 6 heteroatoms. The first-order valence-electron chi connectivity index (χ1n) is 2.47. The molecule has 0 amide bonds. The van der Waals surface area contributed by atoms with E-state index < -0.39 is 9.05 Å². The van der Waals surface area contributed by atoms with E-state index in [9.17, 15) is 8.42 Å². The van der Waals surface area contributed by atoms with Gasteiger partial charge in [0.2, 0.25) is 0 Å². The maximum Gasteiger partial charge on any atom is 0.280 e. The Balaban J connectivity index is 3.21. The van der Waals surface area contributed by atoms with E-state index in [1.165, 1.54) is 6.07 Å². The van der Waals surface area contributed by atoms with E-state index >= 15 is 0 Å². The number of aromatic amines is 1. The maximum atomic E-state index is 10.5. The van der Waals surface area contributed by atoms with E-state index in [0.29, 0.717) is 5.69 Å². The highest BCUT2D eigenvalue weighted by Gasteiger charge is 2.12. The van der Waals surface area contributed by atoms with Gasteiger partial charge in [0.15, 0.2) is 5.03 Å². The van der Waals surface area contributed by atoms with Gasteiger partial charge in [-0.15, -0.1) is 0 Å². The van der Waals surface area contributed by atoms with Gasteiger partial charge in [0.05, 0.1) is 0 Å². The fourth-order valence-corrected chi connectivity index (χ4v) is 1.23. The zero-order valence-electron chi connectivity index (χ0n) is 5.13. The second-order valence-corrected chi connectivity index (χ2v) is 4.34. The Labute approximate surface area is 62.6 Å². The van der Waals surface area contributed by atoms with Gasteiger partial charge in [0.25, 0.3) is 9.05 Å². The number of halogens is 1. The van der Waals surface area contributed by atoms with E-state index in [0.717, 1.165) is 0 Å². The number of rotatable bonds is 1. The molecule has 0 aromatic carbocycles. The van der Waals surface area contributed by atoms with Crippen LogP contribution in [0.4, 0.5) is 0 Å². The van der Waals surface area contributed by atoms with E-state index in [4.69, 9.17) is 10.7 Å². The normalized spacial score (nSPS) is 11.8. The predicted octanol–water partition coefficient (Wildman–Crippen LogP) is 0.646. The second-order valence-electron chi connectivity index (χ2n) is 1.83. The lowest BCUT2D eigenvalue weighted by Crippen LogP contribution is -1.89. The Morgan fingerprint density at radius 3 is 2.50 bits per heavy atom. The Morgan fingerprint density at radius 2 is 2.30 bits per heavy atom. The average molecular weight is 181 g/mol. The van der Waals surface area contributed by atoms with Crippen molar-refractivity contribution in [3.05, 3.63) is 11.8 Å². The first-order valence-corrected chi connectivity index (χ1v) is 4.78. The van der Waals surface area contributed by atoms with Crippen LogP contribution in [-0.2, 0) is 9.05 Å². The minimum absolute atomic E-state index is 0.133. The summed E-state index contributed by atoms with van der Waals surface area (Å²) in [4.78, 5) is 0. The van der Waals surface area contributed by atoms with Gasteiger partial charge in [-0.25, -0.2) is 8.42 Å². The zero-order chi connectivity index (χ0) is 7.78. The van der Waals surface area contributed by atoms with Crippen LogP contribution in [0.5, 0.6) is 0 Å². The molecule has 0 saturated heterocycles. The molecule has 4 nitrogen and oxygen atoms in total. The molecular weight excluding hydrogens is 176 g/mol. The van der Waals surface area contributed by atoms with Crippen molar-refractivity contribution in [2.75, 3.05) is 0 Å². The van der Waals surface area contributed by atoms with Gasteiger partial charge in [0, 0.05) is 16.4 Å². The molecule has 56 valence electrons. The number of nitrogens with one attached hydrogen (secondary N) is 1. The molecule has 0 saturated carbocycles. The lowest BCUT2D eigenvalue weighted by Gasteiger charge is -1.81. The van der Waals surface area contributed by atoms with Crippen LogP contribution in [0.3, 0.4) is 0 Å². The molecule has 1 rings (SSSR count). The summed E-state index contributed by atoms with van der Waals surface area (Å²) < 4.78 is 21.1. The van der Waals surface area contributed by atoms with Crippen LogP contribution in [0.1, 0.15) is 5.69 Å². The third-order valence-corrected chi connectivity index (χ3v) is 2.12. The van der Waals surface area contributed by atoms with Crippen molar-refractivity contribution in [2.45, 2.75) is 11.9 Å². The summed E-state index contributed by atoms with van der Waals surface area (Å²) in [5.74, 6) is 0. The summed E-state index contributed by atoms with van der Waals surface area (Å²) in [5, 5.41) is 5.77. The number of hydrogen-bond acceptors (Lipinski definition) is 3. The van der Waals surface area contributed by atoms with Gasteiger partial charge in [-0.2, -0.15) is 5.10 Å². The highest BCUT2D eigenvalue weighted by atomic mass is 35.7. The van der Waals surface area contributed by atoms with Crippen LogP contribution < -0.4 is 0 Å². The molecular formula is C4H5ClN2O2S. The van der Waals surface area contributed by atoms with Gasteiger partial charge < -0.3 is 0 Å². The first kappa shape index (κ1) is 7.56. The van der Waals surface area contributed by atoms with Crippen LogP contribution in [0.2, 0.25) is 0 Å². The Morgan fingerprint density at radius 1 is 1.70 bits per heavy atom. The molecule has 0 atom stereocenters. The Kier molecular flexibility index (Phi) is 1.70. The molecule has 0 bridgehead atoms. The topological polar surface area (TPSA) is 62.8 Å². The van der Waals surface area contributed by atoms with Crippen molar-refractivity contribution in [1.82, 2.24) is 10.2 Å². The monoisotopic (exact) mass is 180 g/mol. The number of aromatic nitrogens is 2. The van der Waals surface area contributed by atoms with Crippen molar-refractivity contribution in [3.8, 4) is 0 Å².